The summed E-state index contributed by atoms with van der Waals surface area (Å²) in [6.07, 6.45) is 1.68. The van der Waals surface area contributed by atoms with E-state index in [4.69, 9.17) is 9.47 Å². The van der Waals surface area contributed by atoms with Gasteiger partial charge in [-0.25, -0.2) is 9.59 Å². The maximum atomic E-state index is 13.1. The number of ether oxygens (including phenoxy) is 2. The first-order chi connectivity index (χ1) is 18.6. The van der Waals surface area contributed by atoms with E-state index in [1.165, 1.54) is 0 Å². The Morgan fingerprint density at radius 1 is 0.605 bits per heavy atom. The molecule has 4 aromatic rings. The van der Waals surface area contributed by atoms with Gasteiger partial charge in [-0.3, -0.25) is 0 Å². The molecule has 0 aromatic heterocycles. The van der Waals surface area contributed by atoms with Gasteiger partial charge in [0.25, 0.3) is 0 Å². The molecule has 4 aromatic carbocycles. The highest BCUT2D eigenvalue weighted by Gasteiger charge is 2.33. The molecule has 0 saturated carbocycles. The Labute approximate surface area is 225 Å². The van der Waals surface area contributed by atoms with Gasteiger partial charge in [-0.05, 0) is 54.7 Å². The van der Waals surface area contributed by atoms with Gasteiger partial charge >= 0.3 is 11.9 Å². The van der Waals surface area contributed by atoms with Gasteiger partial charge in [0.15, 0.2) is 0 Å². The minimum Gasteiger partial charge on any atom is -0.462 e. The van der Waals surface area contributed by atoms with Crippen LogP contribution in [-0.2, 0) is 22.3 Å². The summed E-state index contributed by atoms with van der Waals surface area (Å²) < 4.78 is 12.0. The van der Waals surface area contributed by atoms with Crippen LogP contribution >= 0.6 is 0 Å². The average Bonchev–Trinajstić information content (AvgIpc) is 2.98. The molecule has 4 nitrogen and oxygen atoms in total. The van der Waals surface area contributed by atoms with Gasteiger partial charge in [-0.2, -0.15) is 0 Å². The third-order valence-corrected chi connectivity index (χ3v) is 6.85. The number of benzene rings is 4. The highest BCUT2D eigenvalue weighted by molar-refractivity contribution is 5.89. The molecule has 0 amide bonds. The van der Waals surface area contributed by atoms with E-state index in [1.54, 1.807) is 24.3 Å². The smallest absolute Gasteiger partial charge is 0.338 e. The second kappa shape index (κ2) is 13.9. The van der Waals surface area contributed by atoms with Crippen molar-refractivity contribution in [3.8, 4) is 0 Å². The summed E-state index contributed by atoms with van der Waals surface area (Å²) >= 11 is 0. The number of rotatable bonds is 12. The zero-order valence-corrected chi connectivity index (χ0v) is 21.7. The zero-order chi connectivity index (χ0) is 26.6. The minimum absolute atomic E-state index is 0.0705. The number of carbonyl (C=O) groups excluding carboxylic acids is 2. The maximum absolute atomic E-state index is 13.1. The Kier molecular flexibility index (Phi) is 9.86. The van der Waals surface area contributed by atoms with Crippen molar-refractivity contribution in [1.29, 1.82) is 0 Å². The van der Waals surface area contributed by atoms with Gasteiger partial charge in [0.2, 0.25) is 0 Å². The SMILES string of the molecule is CCC(OC(=O)c1ccccc1)C(Cc1ccccc1)C(COC(=O)c1ccccc1)Cc1ccccc1. The molecular formula is C34H34O4. The predicted molar refractivity (Wildman–Crippen MR) is 150 cm³/mol. The van der Waals surface area contributed by atoms with Crippen molar-refractivity contribution >= 4 is 11.9 Å². The van der Waals surface area contributed by atoms with Crippen molar-refractivity contribution in [3.63, 3.8) is 0 Å². The Morgan fingerprint density at radius 3 is 1.55 bits per heavy atom. The number of carbonyl (C=O) groups is 2. The molecule has 0 saturated heterocycles. The molecule has 38 heavy (non-hydrogen) atoms. The van der Waals surface area contributed by atoms with Crippen molar-refractivity contribution in [1.82, 2.24) is 0 Å². The van der Waals surface area contributed by atoms with Gasteiger partial charge in [0, 0.05) is 11.8 Å². The predicted octanol–water partition coefficient (Wildman–Crippen LogP) is 7.20. The number of hydrogen-bond acceptors (Lipinski definition) is 4. The third kappa shape index (κ3) is 7.66. The molecule has 3 unspecified atom stereocenters. The Morgan fingerprint density at radius 2 is 1.05 bits per heavy atom. The van der Waals surface area contributed by atoms with Gasteiger partial charge in [0.1, 0.15) is 6.10 Å². The lowest BCUT2D eigenvalue weighted by molar-refractivity contribution is -0.0106. The van der Waals surface area contributed by atoms with Crippen LogP contribution in [0.3, 0.4) is 0 Å². The van der Waals surface area contributed by atoms with Crippen LogP contribution in [0.15, 0.2) is 121 Å². The molecule has 0 radical (unpaired) electrons. The quantitative estimate of drug-likeness (QED) is 0.191. The van der Waals surface area contributed by atoms with Crippen LogP contribution in [0.2, 0.25) is 0 Å². The molecule has 4 rings (SSSR count). The van der Waals surface area contributed by atoms with Crippen molar-refractivity contribution in [2.24, 2.45) is 11.8 Å². The normalized spacial score (nSPS) is 13.2. The highest BCUT2D eigenvalue weighted by atomic mass is 16.5. The van der Waals surface area contributed by atoms with Gasteiger partial charge < -0.3 is 9.47 Å². The fourth-order valence-corrected chi connectivity index (χ4v) is 4.83. The van der Waals surface area contributed by atoms with Gasteiger partial charge in [0.05, 0.1) is 17.7 Å². The second-order valence-electron chi connectivity index (χ2n) is 9.49. The first-order valence-electron chi connectivity index (χ1n) is 13.2. The summed E-state index contributed by atoms with van der Waals surface area (Å²) in [6.45, 7) is 2.26. The summed E-state index contributed by atoms with van der Waals surface area (Å²) in [5.74, 6) is -0.829. The molecule has 0 spiro atoms. The molecule has 0 aliphatic rings. The van der Waals surface area contributed by atoms with Gasteiger partial charge in [-0.15, -0.1) is 0 Å². The molecule has 0 heterocycles. The van der Waals surface area contributed by atoms with E-state index in [9.17, 15) is 9.59 Å². The van der Waals surface area contributed by atoms with E-state index in [0.717, 1.165) is 11.1 Å². The Bertz CT molecular complexity index is 1260. The molecule has 3 atom stereocenters. The maximum Gasteiger partial charge on any atom is 0.338 e. The summed E-state index contributed by atoms with van der Waals surface area (Å²) in [6, 6.07) is 38.5. The van der Waals surface area contributed by atoms with E-state index in [-0.39, 0.29) is 36.5 Å². The van der Waals surface area contributed by atoms with E-state index in [2.05, 4.69) is 24.3 Å². The fraction of sp³-hybridized carbons (Fsp3) is 0.235. The van der Waals surface area contributed by atoms with Crippen molar-refractivity contribution < 1.29 is 19.1 Å². The van der Waals surface area contributed by atoms with Crippen LogP contribution in [0.1, 0.15) is 45.2 Å². The summed E-state index contributed by atoms with van der Waals surface area (Å²) in [5, 5.41) is 0. The van der Waals surface area contributed by atoms with E-state index in [0.29, 0.717) is 30.4 Å². The molecule has 0 aliphatic carbocycles. The first-order valence-corrected chi connectivity index (χ1v) is 13.2. The molecule has 4 heteroatoms. The topological polar surface area (TPSA) is 52.6 Å². The van der Waals surface area contributed by atoms with E-state index < -0.39 is 0 Å². The molecule has 194 valence electrons. The lowest BCUT2D eigenvalue weighted by atomic mass is 9.78. The van der Waals surface area contributed by atoms with Crippen LogP contribution in [0.5, 0.6) is 0 Å². The van der Waals surface area contributed by atoms with Crippen LogP contribution in [-0.4, -0.2) is 24.6 Å². The summed E-state index contributed by atoms with van der Waals surface area (Å²) in [7, 11) is 0. The van der Waals surface area contributed by atoms with Crippen LogP contribution in [0, 0.1) is 11.8 Å². The molecule has 0 fully saturated rings. The lowest BCUT2D eigenvalue weighted by Gasteiger charge is -2.33. The van der Waals surface area contributed by atoms with Crippen LogP contribution in [0.4, 0.5) is 0 Å². The third-order valence-electron chi connectivity index (χ3n) is 6.85. The monoisotopic (exact) mass is 506 g/mol. The fourth-order valence-electron chi connectivity index (χ4n) is 4.83. The van der Waals surface area contributed by atoms with Gasteiger partial charge in [-0.1, -0.05) is 104 Å². The highest BCUT2D eigenvalue weighted by Crippen LogP contribution is 2.30. The Hall–Kier alpha value is -4.18. The summed E-state index contributed by atoms with van der Waals surface area (Å²) in [5.41, 5.74) is 3.35. The lowest BCUT2D eigenvalue weighted by Crippen LogP contribution is -2.37. The average molecular weight is 507 g/mol. The van der Waals surface area contributed by atoms with E-state index >= 15 is 0 Å². The van der Waals surface area contributed by atoms with Crippen LogP contribution < -0.4 is 0 Å². The van der Waals surface area contributed by atoms with Crippen LogP contribution in [0.25, 0.3) is 0 Å². The summed E-state index contributed by atoms with van der Waals surface area (Å²) in [4.78, 5) is 26.0. The Balaban J connectivity index is 1.63. The van der Waals surface area contributed by atoms with Crippen molar-refractivity contribution in [2.75, 3.05) is 6.61 Å². The number of esters is 2. The molecule has 0 N–H and O–H groups in total. The standard InChI is InChI=1S/C34H34O4/c1-2-32(38-34(36)29-21-13-6-14-22-29)31(24-27-17-9-4-10-18-27)30(23-26-15-7-3-8-16-26)25-37-33(35)28-19-11-5-12-20-28/h3-22,30-32H,2,23-25H2,1H3. The molecule has 0 bridgehead atoms. The minimum atomic E-state index is -0.355. The van der Waals surface area contributed by atoms with Crippen molar-refractivity contribution in [2.45, 2.75) is 32.3 Å². The molecule has 0 aliphatic heterocycles. The molecular weight excluding hydrogens is 472 g/mol. The largest absolute Gasteiger partial charge is 0.462 e. The second-order valence-corrected chi connectivity index (χ2v) is 9.49. The van der Waals surface area contributed by atoms with E-state index in [1.807, 2.05) is 79.7 Å². The number of hydrogen-bond donors (Lipinski definition) is 0. The van der Waals surface area contributed by atoms with Crippen molar-refractivity contribution in [3.05, 3.63) is 144 Å². The zero-order valence-electron chi connectivity index (χ0n) is 21.7. The first kappa shape index (κ1) is 26.9.